The van der Waals surface area contributed by atoms with Gasteiger partial charge in [-0.1, -0.05) is 19.9 Å². The molecule has 0 aliphatic carbocycles. The van der Waals surface area contributed by atoms with E-state index in [0.717, 1.165) is 38.5 Å². The fraction of sp³-hybridized carbons (Fsp3) is 0.647. The Kier molecular flexibility index (Phi) is 6.83. The molecule has 118 valence electrons. The summed E-state index contributed by atoms with van der Waals surface area (Å²) < 4.78 is 11.3. The lowest BCUT2D eigenvalue weighted by atomic mass is 10.2. The second-order valence-electron chi connectivity index (χ2n) is 5.91. The Morgan fingerprint density at radius 2 is 2.10 bits per heavy atom. The molecule has 1 heterocycles. The van der Waals surface area contributed by atoms with E-state index in [4.69, 9.17) is 9.47 Å². The van der Waals surface area contributed by atoms with E-state index in [0.29, 0.717) is 19.1 Å². The normalized spacial score (nSPS) is 16.0. The lowest BCUT2D eigenvalue weighted by Gasteiger charge is -2.22. The van der Waals surface area contributed by atoms with Gasteiger partial charge in [0.25, 0.3) is 0 Å². The SMILES string of the molecule is CC(C)COCCOc1cccc(N2CCCNCC2)c1. The van der Waals surface area contributed by atoms with Crippen molar-refractivity contribution in [2.45, 2.75) is 20.3 Å². The molecule has 1 aromatic carbocycles. The van der Waals surface area contributed by atoms with Gasteiger partial charge in [-0.05, 0) is 31.0 Å². The average Bonchev–Trinajstić information content (AvgIpc) is 2.76. The summed E-state index contributed by atoms with van der Waals surface area (Å²) in [6.07, 6.45) is 1.19. The highest BCUT2D eigenvalue weighted by molar-refractivity contribution is 5.50. The molecule has 1 aliphatic rings. The van der Waals surface area contributed by atoms with Gasteiger partial charge in [-0.3, -0.25) is 0 Å². The molecule has 0 amide bonds. The van der Waals surface area contributed by atoms with E-state index in [1.54, 1.807) is 0 Å². The predicted octanol–water partition coefficient (Wildman–Crippen LogP) is 2.54. The quantitative estimate of drug-likeness (QED) is 0.783. The van der Waals surface area contributed by atoms with Gasteiger partial charge in [0.15, 0.2) is 0 Å². The van der Waals surface area contributed by atoms with E-state index in [-0.39, 0.29) is 0 Å². The van der Waals surface area contributed by atoms with Crippen LogP contribution in [-0.4, -0.2) is 46.0 Å². The van der Waals surface area contributed by atoms with Crippen molar-refractivity contribution in [2.75, 3.05) is 50.9 Å². The molecule has 1 aromatic rings. The molecular formula is C17H28N2O2. The molecule has 4 nitrogen and oxygen atoms in total. The molecule has 1 aliphatic heterocycles. The molecule has 0 spiro atoms. The second-order valence-corrected chi connectivity index (χ2v) is 5.91. The molecule has 0 atom stereocenters. The number of nitrogens with one attached hydrogen (secondary N) is 1. The molecular weight excluding hydrogens is 264 g/mol. The smallest absolute Gasteiger partial charge is 0.121 e. The third-order valence-electron chi connectivity index (χ3n) is 3.47. The molecule has 2 rings (SSSR count). The van der Waals surface area contributed by atoms with Crippen LogP contribution in [0, 0.1) is 5.92 Å². The summed E-state index contributed by atoms with van der Waals surface area (Å²) in [6, 6.07) is 8.38. The number of benzene rings is 1. The number of ether oxygens (including phenoxy) is 2. The van der Waals surface area contributed by atoms with Crippen LogP contribution < -0.4 is 15.0 Å². The monoisotopic (exact) mass is 292 g/mol. The Morgan fingerprint density at radius 3 is 2.95 bits per heavy atom. The molecule has 0 bridgehead atoms. The largest absolute Gasteiger partial charge is 0.491 e. The molecule has 0 radical (unpaired) electrons. The van der Waals surface area contributed by atoms with Gasteiger partial charge in [0.05, 0.1) is 6.61 Å². The summed E-state index contributed by atoms with van der Waals surface area (Å²) in [5.41, 5.74) is 1.25. The molecule has 4 heteroatoms. The highest BCUT2D eigenvalue weighted by Crippen LogP contribution is 2.21. The van der Waals surface area contributed by atoms with Crippen LogP contribution in [0.2, 0.25) is 0 Å². The standard InChI is InChI=1S/C17H28N2O2/c1-15(2)14-20-11-12-21-17-6-3-5-16(13-17)19-9-4-7-18-8-10-19/h3,5-6,13,15,18H,4,7-12,14H2,1-2H3. The molecule has 0 unspecified atom stereocenters. The summed E-state index contributed by atoms with van der Waals surface area (Å²) in [5, 5.41) is 3.43. The fourth-order valence-electron chi connectivity index (χ4n) is 2.41. The van der Waals surface area contributed by atoms with Crippen molar-refractivity contribution >= 4 is 5.69 Å². The van der Waals surface area contributed by atoms with Crippen molar-refractivity contribution in [2.24, 2.45) is 5.92 Å². The van der Waals surface area contributed by atoms with Crippen LogP contribution in [0.5, 0.6) is 5.75 Å². The lowest BCUT2D eigenvalue weighted by molar-refractivity contribution is 0.0819. The van der Waals surface area contributed by atoms with Crippen molar-refractivity contribution in [1.29, 1.82) is 0 Å². The maximum Gasteiger partial charge on any atom is 0.121 e. The number of hydrogen-bond donors (Lipinski definition) is 1. The summed E-state index contributed by atoms with van der Waals surface area (Å²) in [6.45, 7) is 10.7. The van der Waals surface area contributed by atoms with Gasteiger partial charge in [0, 0.05) is 38.0 Å². The Labute approximate surface area is 128 Å². The fourth-order valence-corrected chi connectivity index (χ4v) is 2.41. The van der Waals surface area contributed by atoms with E-state index in [1.165, 1.54) is 12.1 Å². The van der Waals surface area contributed by atoms with Crippen LogP contribution >= 0.6 is 0 Å². The molecule has 1 saturated heterocycles. The van der Waals surface area contributed by atoms with Crippen molar-refractivity contribution in [1.82, 2.24) is 5.32 Å². The third kappa shape index (κ3) is 5.94. The first kappa shape index (κ1) is 16.1. The molecule has 1 N–H and O–H groups in total. The number of anilines is 1. The van der Waals surface area contributed by atoms with Gasteiger partial charge >= 0.3 is 0 Å². The van der Waals surface area contributed by atoms with Crippen LogP contribution in [-0.2, 0) is 4.74 Å². The highest BCUT2D eigenvalue weighted by Gasteiger charge is 2.09. The molecule has 0 aromatic heterocycles. The van der Waals surface area contributed by atoms with Crippen molar-refractivity contribution < 1.29 is 9.47 Å². The highest BCUT2D eigenvalue weighted by atomic mass is 16.5. The van der Waals surface area contributed by atoms with Gasteiger partial charge < -0.3 is 19.7 Å². The van der Waals surface area contributed by atoms with Crippen molar-refractivity contribution in [3.05, 3.63) is 24.3 Å². The Morgan fingerprint density at radius 1 is 1.19 bits per heavy atom. The second kappa shape index (κ2) is 8.90. The molecule has 21 heavy (non-hydrogen) atoms. The lowest BCUT2D eigenvalue weighted by Crippen LogP contribution is -2.27. The Hall–Kier alpha value is -1.26. The maximum absolute atomic E-state index is 5.78. The minimum Gasteiger partial charge on any atom is -0.491 e. The minimum atomic E-state index is 0.574. The first-order valence-electron chi connectivity index (χ1n) is 8.02. The van der Waals surface area contributed by atoms with Crippen LogP contribution in [0.4, 0.5) is 5.69 Å². The van der Waals surface area contributed by atoms with E-state index in [9.17, 15) is 0 Å². The summed E-state index contributed by atoms with van der Waals surface area (Å²) in [4.78, 5) is 2.42. The van der Waals surface area contributed by atoms with Gasteiger partial charge in [-0.25, -0.2) is 0 Å². The Bertz CT molecular complexity index is 402. The van der Waals surface area contributed by atoms with Crippen LogP contribution in [0.1, 0.15) is 20.3 Å². The van der Waals surface area contributed by atoms with Gasteiger partial charge in [-0.2, -0.15) is 0 Å². The van der Waals surface area contributed by atoms with E-state index in [1.807, 2.05) is 6.07 Å². The van der Waals surface area contributed by atoms with Crippen molar-refractivity contribution in [3.63, 3.8) is 0 Å². The van der Waals surface area contributed by atoms with Crippen LogP contribution in [0.3, 0.4) is 0 Å². The zero-order valence-corrected chi connectivity index (χ0v) is 13.3. The summed E-state index contributed by atoms with van der Waals surface area (Å²) >= 11 is 0. The van der Waals surface area contributed by atoms with Crippen LogP contribution in [0.15, 0.2) is 24.3 Å². The zero-order valence-electron chi connectivity index (χ0n) is 13.3. The molecule has 0 saturated carbocycles. The number of rotatable bonds is 7. The van der Waals surface area contributed by atoms with Crippen molar-refractivity contribution in [3.8, 4) is 5.75 Å². The summed E-state index contributed by atoms with van der Waals surface area (Å²) in [7, 11) is 0. The number of nitrogens with zero attached hydrogens (tertiary/aromatic N) is 1. The summed E-state index contributed by atoms with van der Waals surface area (Å²) in [5.74, 6) is 1.50. The van der Waals surface area contributed by atoms with E-state index < -0.39 is 0 Å². The third-order valence-corrected chi connectivity index (χ3v) is 3.47. The zero-order chi connectivity index (χ0) is 14.9. The maximum atomic E-state index is 5.78. The first-order valence-corrected chi connectivity index (χ1v) is 8.02. The van der Waals surface area contributed by atoms with Gasteiger partial charge in [0.1, 0.15) is 12.4 Å². The van der Waals surface area contributed by atoms with E-state index in [2.05, 4.69) is 42.3 Å². The van der Waals surface area contributed by atoms with Gasteiger partial charge in [-0.15, -0.1) is 0 Å². The average molecular weight is 292 g/mol. The predicted molar refractivity (Wildman–Crippen MR) is 87.3 cm³/mol. The first-order chi connectivity index (χ1) is 10.3. The van der Waals surface area contributed by atoms with Gasteiger partial charge in [0.2, 0.25) is 0 Å². The molecule has 1 fully saturated rings. The van der Waals surface area contributed by atoms with Crippen LogP contribution in [0.25, 0.3) is 0 Å². The minimum absolute atomic E-state index is 0.574. The Balaban J connectivity index is 1.80. The number of hydrogen-bond acceptors (Lipinski definition) is 4. The topological polar surface area (TPSA) is 33.7 Å². The van der Waals surface area contributed by atoms with E-state index >= 15 is 0 Å².